The number of nitrogens with one attached hydrogen (secondary N) is 1. The second-order valence-corrected chi connectivity index (χ2v) is 14.0. The minimum atomic E-state index is -1.03. The summed E-state index contributed by atoms with van der Waals surface area (Å²) in [6, 6.07) is 32.4. The van der Waals surface area contributed by atoms with Gasteiger partial charge < -0.3 is 9.64 Å². The number of nitrogens with zero attached hydrogens (tertiary/aromatic N) is 2. The van der Waals surface area contributed by atoms with E-state index < -0.39 is 29.7 Å². The number of carbonyl (C=O) groups excluding carboxylic acids is 5. The molecule has 1 saturated heterocycles. The van der Waals surface area contributed by atoms with Crippen molar-refractivity contribution < 1.29 is 28.7 Å². The molecule has 0 bridgehead atoms. The first-order chi connectivity index (χ1) is 25.3. The Labute approximate surface area is 312 Å². The number of fused-ring (bicyclic) bond motifs is 1. The molecule has 1 fully saturated rings. The lowest BCUT2D eigenvalue weighted by molar-refractivity contribution is -0.136. The maximum absolute atomic E-state index is 13.4. The van der Waals surface area contributed by atoms with E-state index in [9.17, 15) is 24.0 Å². The Hall–Kier alpha value is -5.19. The van der Waals surface area contributed by atoms with Crippen molar-refractivity contribution in [3.05, 3.63) is 131 Å². The number of hydrogen-bond donors (Lipinski definition) is 1. The van der Waals surface area contributed by atoms with Crippen LogP contribution in [0.15, 0.2) is 108 Å². The van der Waals surface area contributed by atoms with Crippen LogP contribution in [0, 0.1) is 0 Å². The normalized spacial score (nSPS) is 16.0. The van der Waals surface area contributed by atoms with Crippen LogP contribution in [0.3, 0.4) is 0 Å². The van der Waals surface area contributed by atoms with Crippen molar-refractivity contribution in [2.45, 2.75) is 36.6 Å². The molecule has 9 nitrogen and oxygen atoms in total. The van der Waals surface area contributed by atoms with Gasteiger partial charge in [0.15, 0.2) is 0 Å². The van der Waals surface area contributed by atoms with Crippen molar-refractivity contribution in [2.75, 3.05) is 31.8 Å². The van der Waals surface area contributed by atoms with Gasteiger partial charge in [0.2, 0.25) is 17.7 Å². The van der Waals surface area contributed by atoms with Crippen LogP contribution in [0.2, 0.25) is 0 Å². The number of piperidine rings is 1. The molecule has 0 aliphatic carbocycles. The Balaban J connectivity index is 1.03. The van der Waals surface area contributed by atoms with Crippen LogP contribution in [-0.4, -0.2) is 77.2 Å². The SMILES string of the molecule is CN(CCOc1ccc(/C(=C(/CCCl)c2ccccc2)c2ccccc2)cc1)C(=O)CCSc1cccc2c1C(=O)N(C1CCC(=O)NC1=O)C2=O. The predicted molar refractivity (Wildman–Crippen MR) is 202 cm³/mol. The molecule has 52 heavy (non-hydrogen) atoms. The van der Waals surface area contributed by atoms with Gasteiger partial charge in [-0.25, -0.2) is 0 Å². The second-order valence-electron chi connectivity index (χ2n) is 12.4. The number of ether oxygens (including phenoxy) is 1. The van der Waals surface area contributed by atoms with Gasteiger partial charge in [-0.1, -0.05) is 78.9 Å². The third-order valence-electron chi connectivity index (χ3n) is 9.10. The highest BCUT2D eigenvalue weighted by atomic mass is 35.5. The van der Waals surface area contributed by atoms with Crippen LogP contribution in [0.1, 0.15) is 63.1 Å². The number of alkyl halides is 1. The smallest absolute Gasteiger partial charge is 0.263 e. The van der Waals surface area contributed by atoms with Gasteiger partial charge in [0.25, 0.3) is 11.8 Å². The Kier molecular flexibility index (Phi) is 11.9. The number of imide groups is 2. The van der Waals surface area contributed by atoms with E-state index in [0.29, 0.717) is 41.9 Å². The first-order valence-corrected chi connectivity index (χ1v) is 18.6. The zero-order chi connectivity index (χ0) is 36.6. The van der Waals surface area contributed by atoms with Gasteiger partial charge in [-0.05, 0) is 64.9 Å². The Morgan fingerprint density at radius 3 is 2.19 bits per heavy atom. The van der Waals surface area contributed by atoms with Gasteiger partial charge in [0.05, 0.1) is 17.7 Å². The van der Waals surface area contributed by atoms with Crippen LogP contribution >= 0.6 is 23.4 Å². The highest BCUT2D eigenvalue weighted by Gasteiger charge is 2.45. The molecule has 0 aromatic heterocycles. The lowest BCUT2D eigenvalue weighted by atomic mass is 9.88. The molecule has 266 valence electrons. The summed E-state index contributed by atoms with van der Waals surface area (Å²) in [4.78, 5) is 66.6. The van der Waals surface area contributed by atoms with Gasteiger partial charge in [0, 0.05) is 36.4 Å². The lowest BCUT2D eigenvalue weighted by Crippen LogP contribution is -2.54. The fraction of sp³-hybridized carbons (Fsp3) is 0.244. The summed E-state index contributed by atoms with van der Waals surface area (Å²) in [5, 5.41) is 2.21. The average Bonchev–Trinajstić information content (AvgIpc) is 3.42. The molecular formula is C41H38ClN3O6S. The summed E-state index contributed by atoms with van der Waals surface area (Å²) in [5.41, 5.74) is 6.00. The molecule has 0 radical (unpaired) electrons. The van der Waals surface area contributed by atoms with E-state index in [4.69, 9.17) is 16.3 Å². The molecule has 11 heteroatoms. The van der Waals surface area contributed by atoms with E-state index in [1.54, 1.807) is 30.1 Å². The van der Waals surface area contributed by atoms with E-state index in [2.05, 4.69) is 29.6 Å². The highest BCUT2D eigenvalue weighted by molar-refractivity contribution is 7.99. The van der Waals surface area contributed by atoms with Gasteiger partial charge in [-0.15, -0.1) is 23.4 Å². The largest absolute Gasteiger partial charge is 0.492 e. The average molecular weight is 736 g/mol. The number of benzene rings is 4. The summed E-state index contributed by atoms with van der Waals surface area (Å²) in [5.74, 6) is -0.720. The van der Waals surface area contributed by atoms with E-state index in [1.165, 1.54) is 17.3 Å². The minimum absolute atomic E-state index is 0.0525. The monoisotopic (exact) mass is 735 g/mol. The zero-order valence-corrected chi connectivity index (χ0v) is 30.3. The number of rotatable bonds is 14. The number of carbonyl (C=O) groups is 5. The zero-order valence-electron chi connectivity index (χ0n) is 28.7. The van der Waals surface area contributed by atoms with Crippen molar-refractivity contribution in [3.8, 4) is 5.75 Å². The Bertz CT molecular complexity index is 2000. The molecule has 1 atom stereocenters. The third-order valence-corrected chi connectivity index (χ3v) is 10.3. The van der Waals surface area contributed by atoms with Crippen molar-refractivity contribution in [1.29, 1.82) is 0 Å². The first-order valence-electron chi connectivity index (χ1n) is 17.1. The molecular weight excluding hydrogens is 698 g/mol. The standard InChI is InChI=1S/C41H38ClN3O6S/c1-44(36(47)22-26-52-34-14-8-13-32-38(34)41(50)45(40(32)49)33-19-20-35(46)43-39(33)48)24-25-51-30-17-15-29(16-18-30)37(28-11-6-3-7-12-28)31(21-23-42)27-9-4-2-5-10-27/h2-18,33H,19-26H2,1H3,(H,43,46,48)/b37-31-. The van der Waals surface area contributed by atoms with Crippen LogP contribution in [0.25, 0.3) is 11.1 Å². The Morgan fingerprint density at radius 1 is 0.846 bits per heavy atom. The van der Waals surface area contributed by atoms with Gasteiger partial charge in [0.1, 0.15) is 18.4 Å². The van der Waals surface area contributed by atoms with Crippen molar-refractivity contribution in [1.82, 2.24) is 15.1 Å². The second kappa shape index (κ2) is 16.9. The third kappa shape index (κ3) is 8.14. The van der Waals surface area contributed by atoms with E-state index in [-0.39, 0.29) is 36.3 Å². The molecule has 1 N–H and O–H groups in total. The fourth-order valence-electron chi connectivity index (χ4n) is 6.45. The molecule has 6 rings (SSSR count). The van der Waals surface area contributed by atoms with E-state index >= 15 is 0 Å². The minimum Gasteiger partial charge on any atom is -0.492 e. The van der Waals surface area contributed by atoms with Gasteiger partial charge in [-0.3, -0.25) is 34.2 Å². The number of halogens is 1. The summed E-state index contributed by atoms with van der Waals surface area (Å²) < 4.78 is 6.02. The molecule has 5 amide bonds. The summed E-state index contributed by atoms with van der Waals surface area (Å²) in [6.45, 7) is 0.680. The van der Waals surface area contributed by atoms with E-state index in [1.807, 2.05) is 60.7 Å². The molecule has 2 aliphatic rings. The van der Waals surface area contributed by atoms with Crippen LogP contribution in [-0.2, 0) is 14.4 Å². The van der Waals surface area contributed by atoms with Gasteiger partial charge >= 0.3 is 0 Å². The van der Waals surface area contributed by atoms with Crippen LogP contribution < -0.4 is 10.1 Å². The Morgan fingerprint density at radius 2 is 1.52 bits per heavy atom. The molecule has 2 aliphatic heterocycles. The molecule has 1 unspecified atom stereocenters. The molecule has 4 aromatic carbocycles. The maximum atomic E-state index is 13.4. The topological polar surface area (TPSA) is 113 Å². The molecule has 0 spiro atoms. The number of amides is 5. The predicted octanol–water partition coefficient (Wildman–Crippen LogP) is 6.70. The fourth-order valence-corrected chi connectivity index (χ4v) is 7.66. The van der Waals surface area contributed by atoms with Gasteiger partial charge in [-0.2, -0.15) is 0 Å². The number of thioether (sulfide) groups is 1. The lowest BCUT2D eigenvalue weighted by Gasteiger charge is -2.27. The number of allylic oxidation sites excluding steroid dienone is 1. The number of hydrogen-bond acceptors (Lipinski definition) is 7. The summed E-state index contributed by atoms with van der Waals surface area (Å²) in [6.07, 6.45) is 1.06. The molecule has 2 heterocycles. The molecule has 0 saturated carbocycles. The van der Waals surface area contributed by atoms with Crippen LogP contribution in [0.5, 0.6) is 5.75 Å². The van der Waals surface area contributed by atoms with E-state index in [0.717, 1.165) is 27.2 Å². The van der Waals surface area contributed by atoms with Crippen molar-refractivity contribution in [2.24, 2.45) is 0 Å². The van der Waals surface area contributed by atoms with Crippen LogP contribution in [0.4, 0.5) is 0 Å². The van der Waals surface area contributed by atoms with Crippen molar-refractivity contribution in [3.63, 3.8) is 0 Å². The highest BCUT2D eigenvalue weighted by Crippen LogP contribution is 2.36. The number of likely N-dealkylation sites (N-methyl/N-ethyl adjacent to an activating group) is 1. The quantitative estimate of drug-likeness (QED) is 0.0665. The first kappa shape index (κ1) is 36.6. The molecule has 4 aromatic rings. The summed E-state index contributed by atoms with van der Waals surface area (Å²) >= 11 is 7.60. The maximum Gasteiger partial charge on any atom is 0.263 e. The summed E-state index contributed by atoms with van der Waals surface area (Å²) in [7, 11) is 1.72. The van der Waals surface area contributed by atoms with Crippen molar-refractivity contribution >= 4 is 64.0 Å².